The fourth-order valence-corrected chi connectivity index (χ4v) is 5.47. The van der Waals surface area contributed by atoms with Crippen LogP contribution in [0.3, 0.4) is 0 Å². The van der Waals surface area contributed by atoms with Gasteiger partial charge in [-0.1, -0.05) is 23.2 Å². The number of hydrogen-bond donors (Lipinski definition) is 2. The Bertz CT molecular complexity index is 849. The Morgan fingerprint density at radius 2 is 2.04 bits per heavy atom. The molecular weight excluding hydrogens is 415 g/mol. The van der Waals surface area contributed by atoms with Crippen LogP contribution in [0, 0.1) is 11.3 Å². The largest absolute Gasteiger partial charge is 0.465 e. The van der Waals surface area contributed by atoms with Crippen LogP contribution >= 0.6 is 23.2 Å². The van der Waals surface area contributed by atoms with Gasteiger partial charge in [0, 0.05) is 12.1 Å². The molecule has 0 radical (unpaired) electrons. The van der Waals surface area contributed by atoms with Crippen molar-refractivity contribution in [3.05, 3.63) is 28.2 Å². The lowest BCUT2D eigenvalue weighted by molar-refractivity contribution is 0.109. The Balaban J connectivity index is 0.000000244. The molecular formula is C17H20Cl2N2O5S. The van der Waals surface area contributed by atoms with Gasteiger partial charge in [0.15, 0.2) is 9.84 Å². The minimum absolute atomic E-state index is 0.0239. The van der Waals surface area contributed by atoms with E-state index in [0.717, 1.165) is 6.42 Å². The number of benzene rings is 1. The third-order valence-corrected chi connectivity index (χ3v) is 7.55. The number of sulfone groups is 1. The standard InChI is InChI=1S/C12H14Cl2O3S.C5H6N2O2/c1-17-9-3-4-10(7-9)18(15,16)12-5-2-8(13)6-11(12)14;6-3-5(1-2-5)7-4(8)9/h2,5-6,9-10H,3-4,7H2,1H3;7H,1-2H2,(H,8,9)/t9-,10-;/m1./s1. The van der Waals surface area contributed by atoms with Gasteiger partial charge in [-0.3, -0.25) is 0 Å². The number of methoxy groups -OCH3 is 1. The van der Waals surface area contributed by atoms with Crippen molar-refractivity contribution in [1.29, 1.82) is 5.26 Å². The van der Waals surface area contributed by atoms with E-state index in [2.05, 4.69) is 5.32 Å². The van der Waals surface area contributed by atoms with Crippen LogP contribution in [0.1, 0.15) is 32.1 Å². The van der Waals surface area contributed by atoms with Gasteiger partial charge in [0.2, 0.25) is 0 Å². The number of carboxylic acid groups (broad SMARTS) is 1. The van der Waals surface area contributed by atoms with Gasteiger partial charge in [0.05, 0.1) is 27.3 Å². The summed E-state index contributed by atoms with van der Waals surface area (Å²) in [5.41, 5.74) is -0.730. The van der Waals surface area contributed by atoms with Gasteiger partial charge in [-0.05, 0) is 50.3 Å². The summed E-state index contributed by atoms with van der Waals surface area (Å²) in [6, 6.07) is 6.37. The van der Waals surface area contributed by atoms with Crippen molar-refractivity contribution in [1.82, 2.24) is 5.32 Å². The van der Waals surface area contributed by atoms with Crippen molar-refractivity contribution in [3.63, 3.8) is 0 Å². The summed E-state index contributed by atoms with van der Waals surface area (Å²) in [6.07, 6.45) is 2.11. The van der Waals surface area contributed by atoms with Gasteiger partial charge in [0.25, 0.3) is 0 Å². The number of amides is 1. The zero-order valence-electron chi connectivity index (χ0n) is 14.6. The third kappa shape index (κ3) is 5.48. The molecule has 0 unspecified atom stereocenters. The molecule has 2 saturated carbocycles. The fraction of sp³-hybridized carbons (Fsp3) is 0.529. The first kappa shape index (κ1) is 21.8. The summed E-state index contributed by atoms with van der Waals surface area (Å²) in [4.78, 5) is 10.1. The normalized spacial score (nSPS) is 22.9. The second kappa shape index (κ2) is 8.65. The molecule has 148 valence electrons. The lowest BCUT2D eigenvalue weighted by Gasteiger charge is -2.13. The van der Waals surface area contributed by atoms with Crippen molar-refractivity contribution in [2.75, 3.05) is 7.11 Å². The zero-order valence-corrected chi connectivity index (χ0v) is 16.9. The number of halogens is 2. The number of nitrogens with zero attached hydrogens (tertiary/aromatic N) is 1. The molecule has 2 atom stereocenters. The Kier molecular flexibility index (Phi) is 6.98. The highest BCUT2D eigenvalue weighted by Crippen LogP contribution is 2.35. The second-order valence-electron chi connectivity index (χ2n) is 6.54. The Hall–Kier alpha value is -1.53. The highest BCUT2D eigenvalue weighted by atomic mass is 35.5. The summed E-state index contributed by atoms with van der Waals surface area (Å²) in [5.74, 6) is 0. The molecule has 1 aromatic rings. The minimum atomic E-state index is -3.40. The lowest BCUT2D eigenvalue weighted by atomic mass is 10.3. The van der Waals surface area contributed by atoms with Crippen molar-refractivity contribution < 1.29 is 23.1 Å². The van der Waals surface area contributed by atoms with E-state index < -0.39 is 26.7 Å². The van der Waals surface area contributed by atoms with E-state index in [4.69, 9.17) is 38.3 Å². The van der Waals surface area contributed by atoms with Crippen molar-refractivity contribution in [3.8, 4) is 6.07 Å². The molecule has 0 saturated heterocycles. The molecule has 0 bridgehead atoms. The Morgan fingerprint density at radius 3 is 2.44 bits per heavy atom. The number of hydrogen-bond acceptors (Lipinski definition) is 5. The Labute approximate surface area is 168 Å². The summed E-state index contributed by atoms with van der Waals surface area (Å²) in [6.45, 7) is 0. The van der Waals surface area contributed by atoms with Gasteiger partial charge in [-0.15, -0.1) is 0 Å². The van der Waals surface area contributed by atoms with Gasteiger partial charge in [-0.2, -0.15) is 5.26 Å². The van der Waals surface area contributed by atoms with Crippen LogP contribution in [0.2, 0.25) is 10.0 Å². The van der Waals surface area contributed by atoms with Crippen LogP contribution < -0.4 is 5.32 Å². The summed E-state index contributed by atoms with van der Waals surface area (Å²) in [7, 11) is -1.79. The maximum atomic E-state index is 12.4. The molecule has 10 heteroatoms. The average Bonchev–Trinajstić information content (AvgIpc) is 3.18. The molecule has 0 spiro atoms. The number of nitrogens with one attached hydrogen (secondary N) is 1. The average molecular weight is 435 g/mol. The van der Waals surface area contributed by atoms with Crippen LogP contribution in [0.5, 0.6) is 0 Å². The van der Waals surface area contributed by atoms with Gasteiger partial charge in [0.1, 0.15) is 5.54 Å². The van der Waals surface area contributed by atoms with E-state index in [1.165, 1.54) is 12.1 Å². The molecule has 2 fully saturated rings. The predicted molar refractivity (Wildman–Crippen MR) is 101 cm³/mol. The maximum Gasteiger partial charge on any atom is 0.405 e. The van der Waals surface area contributed by atoms with Crippen LogP contribution in [0.4, 0.5) is 4.79 Å². The van der Waals surface area contributed by atoms with Gasteiger partial charge >= 0.3 is 6.09 Å². The molecule has 2 aliphatic carbocycles. The van der Waals surface area contributed by atoms with Crippen molar-refractivity contribution in [2.45, 2.75) is 53.9 Å². The monoisotopic (exact) mass is 434 g/mol. The summed E-state index contributed by atoms with van der Waals surface area (Å²) >= 11 is 11.7. The van der Waals surface area contributed by atoms with E-state index in [9.17, 15) is 13.2 Å². The first-order valence-corrected chi connectivity index (χ1v) is 10.6. The molecule has 3 rings (SSSR count). The van der Waals surface area contributed by atoms with Gasteiger partial charge < -0.3 is 15.2 Å². The predicted octanol–water partition coefficient (Wildman–Crippen LogP) is 3.64. The van der Waals surface area contributed by atoms with E-state index >= 15 is 0 Å². The van der Waals surface area contributed by atoms with Crippen LogP contribution in [0.25, 0.3) is 0 Å². The van der Waals surface area contributed by atoms with Gasteiger partial charge in [-0.25, -0.2) is 13.2 Å². The first-order valence-electron chi connectivity index (χ1n) is 8.27. The van der Waals surface area contributed by atoms with Crippen molar-refractivity contribution >= 4 is 39.1 Å². The quantitative estimate of drug-likeness (QED) is 0.746. The molecule has 0 aromatic heterocycles. The maximum absolute atomic E-state index is 12.4. The van der Waals surface area contributed by atoms with E-state index in [1.54, 1.807) is 13.2 Å². The van der Waals surface area contributed by atoms with E-state index in [-0.39, 0.29) is 16.0 Å². The number of carbonyl (C=O) groups is 1. The van der Waals surface area contributed by atoms with Crippen LogP contribution in [-0.2, 0) is 14.6 Å². The molecule has 1 amide bonds. The van der Waals surface area contributed by atoms with E-state index in [1.807, 2.05) is 6.07 Å². The van der Waals surface area contributed by atoms with Crippen LogP contribution in [-0.4, -0.2) is 43.6 Å². The Morgan fingerprint density at radius 1 is 1.37 bits per heavy atom. The molecule has 2 aliphatic rings. The topological polar surface area (TPSA) is 116 Å². The zero-order chi connectivity index (χ0) is 20.2. The minimum Gasteiger partial charge on any atom is -0.465 e. The molecule has 0 heterocycles. The lowest BCUT2D eigenvalue weighted by Crippen LogP contribution is -2.33. The SMILES string of the molecule is CO[C@@H]1CC[C@@H](S(=O)(=O)c2ccc(Cl)cc2Cl)C1.N#CC1(NC(=O)O)CC1. The smallest absolute Gasteiger partial charge is 0.405 e. The molecule has 2 N–H and O–H groups in total. The summed E-state index contributed by atoms with van der Waals surface area (Å²) < 4.78 is 30.1. The highest BCUT2D eigenvalue weighted by molar-refractivity contribution is 7.92. The number of rotatable bonds is 4. The number of nitriles is 1. The molecule has 7 nitrogen and oxygen atoms in total. The summed E-state index contributed by atoms with van der Waals surface area (Å²) in [5, 5.41) is 18.8. The van der Waals surface area contributed by atoms with Crippen molar-refractivity contribution in [2.24, 2.45) is 0 Å². The first-order chi connectivity index (χ1) is 12.6. The second-order valence-corrected chi connectivity index (χ2v) is 9.58. The van der Waals surface area contributed by atoms with E-state index in [0.29, 0.717) is 30.7 Å². The fourth-order valence-electron chi connectivity index (χ4n) is 2.88. The number of ether oxygens (including phenoxy) is 1. The van der Waals surface area contributed by atoms with Crippen LogP contribution in [0.15, 0.2) is 23.1 Å². The third-order valence-electron chi connectivity index (χ3n) is 4.62. The molecule has 27 heavy (non-hydrogen) atoms. The molecule has 1 aromatic carbocycles. The molecule has 0 aliphatic heterocycles. The highest BCUT2D eigenvalue weighted by Gasteiger charge is 2.44.